The molecule has 2 aromatic heterocycles. The molecular weight excluding hydrogens is 310 g/mol. The second kappa shape index (κ2) is 7.00. The molecule has 0 fully saturated rings. The average Bonchev–Trinajstić information content (AvgIpc) is 2.99. The van der Waals surface area contributed by atoms with Crippen molar-refractivity contribution in [3.05, 3.63) is 37.4 Å². The Hall–Kier alpha value is -0.460. The number of hydrogen-bond donors (Lipinski definition) is 1. The maximum absolute atomic E-state index is 6.32. The number of rotatable bonds is 6. The molecule has 2 unspecified atom stereocenters. The molecule has 0 aromatic carbocycles. The highest BCUT2D eigenvalue weighted by Gasteiger charge is 2.25. The van der Waals surface area contributed by atoms with E-state index < -0.39 is 0 Å². The van der Waals surface area contributed by atoms with Crippen LogP contribution in [0.3, 0.4) is 0 Å². The van der Waals surface area contributed by atoms with Crippen LogP contribution < -0.4 is 5.73 Å². The molecule has 0 bridgehead atoms. The highest BCUT2D eigenvalue weighted by molar-refractivity contribution is 7.16. The van der Waals surface area contributed by atoms with Crippen molar-refractivity contribution >= 4 is 34.3 Å². The number of likely N-dealkylation sites (N-methyl/N-ethyl adjacent to an activating group) is 1. The summed E-state index contributed by atoms with van der Waals surface area (Å²) in [7, 11) is 2.10. The minimum Gasteiger partial charge on any atom is -0.326 e. The third kappa shape index (κ3) is 3.80. The largest absolute Gasteiger partial charge is 0.326 e. The van der Waals surface area contributed by atoms with Crippen LogP contribution in [0.1, 0.15) is 35.0 Å². The fourth-order valence-electron chi connectivity index (χ4n) is 2.30. The van der Waals surface area contributed by atoms with Gasteiger partial charge in [0.05, 0.1) is 21.1 Å². The topological polar surface area (TPSA) is 42.1 Å². The van der Waals surface area contributed by atoms with Crippen molar-refractivity contribution in [1.82, 2.24) is 9.88 Å². The van der Waals surface area contributed by atoms with Crippen molar-refractivity contribution < 1.29 is 0 Å². The van der Waals surface area contributed by atoms with E-state index in [1.165, 1.54) is 4.88 Å². The van der Waals surface area contributed by atoms with E-state index in [2.05, 4.69) is 35.3 Å². The number of aromatic nitrogens is 1. The Morgan fingerprint density at radius 1 is 1.45 bits per heavy atom. The monoisotopic (exact) mass is 329 g/mol. The lowest BCUT2D eigenvalue weighted by atomic mass is 10.0. The van der Waals surface area contributed by atoms with E-state index in [1.54, 1.807) is 22.7 Å². The fourth-order valence-corrected chi connectivity index (χ4v) is 4.21. The third-order valence-corrected chi connectivity index (χ3v) is 5.44. The van der Waals surface area contributed by atoms with Crippen LogP contribution in [0.2, 0.25) is 4.34 Å². The first-order valence-electron chi connectivity index (χ1n) is 6.63. The van der Waals surface area contributed by atoms with E-state index >= 15 is 0 Å². The molecule has 0 amide bonds. The number of aryl methyl sites for hydroxylation is 1. The number of nitrogens with zero attached hydrogens (tertiary/aromatic N) is 2. The third-order valence-electron chi connectivity index (χ3n) is 3.32. The Bertz CT molecular complexity index is 552. The molecular formula is C14H20ClN3S2. The van der Waals surface area contributed by atoms with Crippen LogP contribution in [-0.4, -0.2) is 23.0 Å². The summed E-state index contributed by atoms with van der Waals surface area (Å²) in [5.41, 5.74) is 7.43. The van der Waals surface area contributed by atoms with Crippen LogP contribution in [0, 0.1) is 6.92 Å². The molecule has 0 aliphatic carbocycles. The second-order valence-corrected chi connectivity index (χ2v) is 7.74. The zero-order chi connectivity index (χ0) is 14.7. The van der Waals surface area contributed by atoms with Gasteiger partial charge in [0, 0.05) is 22.8 Å². The molecule has 2 rings (SSSR count). The van der Waals surface area contributed by atoms with E-state index in [1.807, 2.05) is 13.0 Å². The number of halogens is 1. The van der Waals surface area contributed by atoms with Crippen LogP contribution in [0.25, 0.3) is 0 Å². The summed E-state index contributed by atoms with van der Waals surface area (Å²) in [5.74, 6) is 0. The predicted octanol–water partition coefficient (Wildman–Crippen LogP) is 4.08. The van der Waals surface area contributed by atoms with Crippen LogP contribution in [0.15, 0.2) is 17.5 Å². The lowest BCUT2D eigenvalue weighted by molar-refractivity contribution is 0.203. The smallest absolute Gasteiger partial charge is 0.0931 e. The Kier molecular flexibility index (Phi) is 5.57. The van der Waals surface area contributed by atoms with Gasteiger partial charge in [0.25, 0.3) is 0 Å². The molecule has 0 aliphatic rings. The van der Waals surface area contributed by atoms with Gasteiger partial charge in [-0.2, -0.15) is 0 Å². The predicted molar refractivity (Wildman–Crippen MR) is 88.7 cm³/mol. The molecule has 0 spiro atoms. The molecule has 110 valence electrons. The standard InChI is InChI=1S/C14H20ClN3S2/c1-4-11(16)14(12-5-6-13(15)20-12)18(3)7-10-8-19-9(2)17-10/h5-6,8,11,14H,4,7,16H2,1-3H3. The summed E-state index contributed by atoms with van der Waals surface area (Å²) >= 11 is 9.36. The maximum atomic E-state index is 6.32. The number of thiophene rings is 1. The van der Waals surface area contributed by atoms with E-state index in [0.717, 1.165) is 28.0 Å². The van der Waals surface area contributed by atoms with Gasteiger partial charge in [-0.3, -0.25) is 4.90 Å². The van der Waals surface area contributed by atoms with Gasteiger partial charge in [-0.25, -0.2) is 4.98 Å². The molecule has 2 aromatic rings. The molecule has 20 heavy (non-hydrogen) atoms. The lowest BCUT2D eigenvalue weighted by Gasteiger charge is -2.31. The molecule has 2 heterocycles. The van der Waals surface area contributed by atoms with Gasteiger partial charge in [-0.1, -0.05) is 18.5 Å². The minimum absolute atomic E-state index is 0.0921. The molecule has 0 aliphatic heterocycles. The zero-order valence-corrected chi connectivity index (χ0v) is 14.4. The Balaban J connectivity index is 2.17. The van der Waals surface area contributed by atoms with E-state index in [4.69, 9.17) is 17.3 Å². The highest BCUT2D eigenvalue weighted by atomic mass is 35.5. The average molecular weight is 330 g/mol. The summed E-state index contributed by atoms with van der Waals surface area (Å²) in [6.45, 7) is 4.95. The van der Waals surface area contributed by atoms with Crippen molar-refractivity contribution in [2.45, 2.75) is 38.9 Å². The van der Waals surface area contributed by atoms with Crippen molar-refractivity contribution in [1.29, 1.82) is 0 Å². The van der Waals surface area contributed by atoms with Gasteiger partial charge in [-0.05, 0) is 32.5 Å². The summed E-state index contributed by atoms with van der Waals surface area (Å²) in [4.78, 5) is 8.02. The quantitative estimate of drug-likeness (QED) is 0.868. The Morgan fingerprint density at radius 2 is 2.20 bits per heavy atom. The highest BCUT2D eigenvalue weighted by Crippen LogP contribution is 2.33. The van der Waals surface area contributed by atoms with Crippen LogP contribution >= 0.6 is 34.3 Å². The summed E-state index contributed by atoms with van der Waals surface area (Å²) < 4.78 is 0.811. The molecule has 6 heteroatoms. The first kappa shape index (κ1) is 15.9. The Labute approximate surface area is 133 Å². The maximum Gasteiger partial charge on any atom is 0.0931 e. The second-order valence-electron chi connectivity index (χ2n) is 4.93. The molecule has 0 radical (unpaired) electrons. The summed E-state index contributed by atoms with van der Waals surface area (Å²) in [5, 5.41) is 3.21. The van der Waals surface area contributed by atoms with Crippen molar-refractivity contribution in [2.75, 3.05) is 7.05 Å². The SMILES string of the molecule is CCC(N)C(c1ccc(Cl)s1)N(C)Cc1csc(C)n1. The van der Waals surface area contributed by atoms with Gasteiger partial charge in [-0.15, -0.1) is 22.7 Å². The van der Waals surface area contributed by atoms with Crippen molar-refractivity contribution in [2.24, 2.45) is 5.73 Å². The zero-order valence-electron chi connectivity index (χ0n) is 12.0. The van der Waals surface area contributed by atoms with E-state index in [0.29, 0.717) is 0 Å². The van der Waals surface area contributed by atoms with Crippen LogP contribution in [-0.2, 0) is 6.54 Å². The van der Waals surface area contributed by atoms with E-state index in [9.17, 15) is 0 Å². The van der Waals surface area contributed by atoms with Gasteiger partial charge in [0.1, 0.15) is 0 Å². The first-order chi connectivity index (χ1) is 9.51. The molecule has 0 saturated carbocycles. The number of hydrogen-bond acceptors (Lipinski definition) is 5. The summed E-state index contributed by atoms with van der Waals surface area (Å²) in [6, 6.07) is 4.29. The Morgan fingerprint density at radius 3 is 2.70 bits per heavy atom. The minimum atomic E-state index is 0.0921. The van der Waals surface area contributed by atoms with Crippen molar-refractivity contribution in [3.63, 3.8) is 0 Å². The summed E-state index contributed by atoms with van der Waals surface area (Å²) in [6.07, 6.45) is 0.931. The van der Waals surface area contributed by atoms with Gasteiger partial charge >= 0.3 is 0 Å². The van der Waals surface area contributed by atoms with Gasteiger partial charge in [0.2, 0.25) is 0 Å². The molecule has 3 nitrogen and oxygen atoms in total. The van der Waals surface area contributed by atoms with Crippen LogP contribution in [0.5, 0.6) is 0 Å². The van der Waals surface area contributed by atoms with Gasteiger partial charge < -0.3 is 5.73 Å². The van der Waals surface area contributed by atoms with E-state index in [-0.39, 0.29) is 12.1 Å². The fraction of sp³-hybridized carbons (Fsp3) is 0.500. The molecule has 2 N–H and O–H groups in total. The normalized spacial score (nSPS) is 14.7. The van der Waals surface area contributed by atoms with Crippen LogP contribution in [0.4, 0.5) is 0 Å². The lowest BCUT2D eigenvalue weighted by Crippen LogP contribution is -2.38. The molecule has 2 atom stereocenters. The first-order valence-corrected chi connectivity index (χ1v) is 8.70. The van der Waals surface area contributed by atoms with Crippen molar-refractivity contribution in [3.8, 4) is 0 Å². The number of nitrogens with two attached hydrogens (primary N) is 1. The molecule has 0 saturated heterocycles. The van der Waals surface area contributed by atoms with Gasteiger partial charge in [0.15, 0.2) is 0 Å². The number of thiazole rings is 1.